The van der Waals surface area contributed by atoms with E-state index in [0.29, 0.717) is 30.9 Å². The highest BCUT2D eigenvalue weighted by molar-refractivity contribution is 6.40. The fourth-order valence-corrected chi connectivity index (χ4v) is 3.16. The van der Waals surface area contributed by atoms with E-state index in [9.17, 15) is 14.4 Å². The second-order valence-electron chi connectivity index (χ2n) is 6.38. The zero-order valence-electron chi connectivity index (χ0n) is 15.9. The molecular weight excluding hydrogens is 348 g/mol. The summed E-state index contributed by atoms with van der Waals surface area (Å²) < 4.78 is 4.90. The van der Waals surface area contributed by atoms with Crippen LogP contribution < -0.4 is 16.0 Å². The number of ether oxygens (including phenoxy) is 1. The lowest BCUT2D eigenvalue weighted by molar-refractivity contribution is -0.136. The number of hydrogen-bond donors (Lipinski definition) is 3. The largest absolute Gasteiger partial charge is 0.383 e. The van der Waals surface area contributed by atoms with Crippen LogP contribution in [0.15, 0.2) is 24.3 Å². The standard InChI is InChI=1S/C19H28N4O4/c1-3-23-11-6-7-14(23)13-21-18(25)19(26)22-16-9-5-4-8-15(16)17(24)20-10-12-27-2/h4-5,8-9,14H,3,6-7,10-13H2,1-2H3,(H,20,24)(H,21,25)(H,22,26). The fourth-order valence-electron chi connectivity index (χ4n) is 3.16. The van der Waals surface area contributed by atoms with Gasteiger partial charge in [-0.1, -0.05) is 19.1 Å². The van der Waals surface area contributed by atoms with Crippen molar-refractivity contribution in [2.75, 3.05) is 45.2 Å². The lowest BCUT2D eigenvalue weighted by Crippen LogP contribution is -2.43. The van der Waals surface area contributed by atoms with E-state index >= 15 is 0 Å². The third kappa shape index (κ3) is 6.04. The Morgan fingerprint density at radius 2 is 1.96 bits per heavy atom. The lowest BCUT2D eigenvalue weighted by atomic mass is 10.1. The van der Waals surface area contributed by atoms with Crippen molar-refractivity contribution in [3.63, 3.8) is 0 Å². The van der Waals surface area contributed by atoms with Gasteiger partial charge in [0.15, 0.2) is 0 Å². The smallest absolute Gasteiger partial charge is 0.313 e. The number of likely N-dealkylation sites (N-methyl/N-ethyl adjacent to an activating group) is 1. The quantitative estimate of drug-likeness (QED) is 0.456. The molecule has 1 fully saturated rings. The zero-order chi connectivity index (χ0) is 19.6. The normalized spacial score (nSPS) is 16.7. The molecule has 1 aliphatic rings. The van der Waals surface area contributed by atoms with Gasteiger partial charge in [-0.25, -0.2) is 0 Å². The molecule has 8 nitrogen and oxygen atoms in total. The van der Waals surface area contributed by atoms with E-state index < -0.39 is 11.8 Å². The Morgan fingerprint density at radius 3 is 2.70 bits per heavy atom. The average Bonchev–Trinajstić information content (AvgIpc) is 3.14. The lowest BCUT2D eigenvalue weighted by Gasteiger charge is -2.22. The summed E-state index contributed by atoms with van der Waals surface area (Å²) in [6, 6.07) is 6.84. The number of likely N-dealkylation sites (tertiary alicyclic amines) is 1. The van der Waals surface area contributed by atoms with Gasteiger partial charge in [-0.3, -0.25) is 19.3 Å². The molecule has 1 aliphatic heterocycles. The molecule has 1 unspecified atom stereocenters. The summed E-state index contributed by atoms with van der Waals surface area (Å²) in [6.45, 7) is 5.22. The van der Waals surface area contributed by atoms with E-state index in [1.165, 1.54) is 0 Å². The Hall–Kier alpha value is -2.45. The number of anilines is 1. The van der Waals surface area contributed by atoms with Crippen molar-refractivity contribution in [3.05, 3.63) is 29.8 Å². The maximum Gasteiger partial charge on any atom is 0.313 e. The number of carbonyl (C=O) groups excluding carboxylic acids is 3. The third-order valence-electron chi connectivity index (χ3n) is 4.62. The monoisotopic (exact) mass is 376 g/mol. The number of nitrogens with zero attached hydrogens (tertiary/aromatic N) is 1. The molecule has 3 amide bonds. The third-order valence-corrected chi connectivity index (χ3v) is 4.62. The van der Waals surface area contributed by atoms with Crippen LogP contribution in [0.4, 0.5) is 5.69 Å². The number of carbonyl (C=O) groups is 3. The predicted molar refractivity (Wildman–Crippen MR) is 103 cm³/mol. The van der Waals surface area contributed by atoms with Gasteiger partial charge in [-0.2, -0.15) is 0 Å². The van der Waals surface area contributed by atoms with Gasteiger partial charge in [0.1, 0.15) is 0 Å². The molecule has 2 rings (SSSR count). The molecule has 0 aromatic heterocycles. The van der Waals surface area contributed by atoms with Gasteiger partial charge in [0.05, 0.1) is 17.9 Å². The summed E-state index contributed by atoms with van der Waals surface area (Å²) in [5, 5.41) is 7.91. The summed E-state index contributed by atoms with van der Waals surface area (Å²) >= 11 is 0. The highest BCUT2D eigenvalue weighted by Gasteiger charge is 2.24. The summed E-state index contributed by atoms with van der Waals surface area (Å²) in [5.41, 5.74) is 0.589. The number of benzene rings is 1. The van der Waals surface area contributed by atoms with E-state index in [0.717, 1.165) is 25.9 Å². The van der Waals surface area contributed by atoms with E-state index in [1.807, 2.05) is 0 Å². The van der Waals surface area contributed by atoms with Crippen LogP contribution in [0.25, 0.3) is 0 Å². The molecule has 3 N–H and O–H groups in total. The topological polar surface area (TPSA) is 99.8 Å². The molecule has 1 aromatic carbocycles. The SMILES string of the molecule is CCN1CCCC1CNC(=O)C(=O)Nc1ccccc1C(=O)NCCOC. The number of amides is 3. The number of rotatable bonds is 8. The molecule has 1 aromatic rings. The van der Waals surface area contributed by atoms with E-state index in [1.54, 1.807) is 31.4 Å². The second kappa shape index (κ2) is 10.6. The number of methoxy groups -OCH3 is 1. The Kier molecular flexibility index (Phi) is 8.22. The maximum atomic E-state index is 12.2. The number of nitrogens with one attached hydrogen (secondary N) is 3. The molecule has 27 heavy (non-hydrogen) atoms. The molecule has 8 heteroatoms. The molecule has 0 radical (unpaired) electrons. The van der Waals surface area contributed by atoms with Crippen LogP contribution in [0, 0.1) is 0 Å². The first-order valence-corrected chi connectivity index (χ1v) is 9.26. The molecular formula is C19H28N4O4. The second-order valence-corrected chi connectivity index (χ2v) is 6.38. The van der Waals surface area contributed by atoms with E-state index in [4.69, 9.17) is 4.74 Å². The minimum Gasteiger partial charge on any atom is -0.383 e. The van der Waals surface area contributed by atoms with E-state index in [-0.39, 0.29) is 11.9 Å². The van der Waals surface area contributed by atoms with Crippen LogP contribution >= 0.6 is 0 Å². The Balaban J connectivity index is 1.91. The van der Waals surface area contributed by atoms with Crippen molar-refractivity contribution >= 4 is 23.4 Å². The van der Waals surface area contributed by atoms with Crippen molar-refractivity contribution in [1.29, 1.82) is 0 Å². The van der Waals surface area contributed by atoms with Crippen LogP contribution in [0.5, 0.6) is 0 Å². The summed E-state index contributed by atoms with van der Waals surface area (Å²) in [4.78, 5) is 38.9. The molecule has 1 atom stereocenters. The summed E-state index contributed by atoms with van der Waals surface area (Å²) in [5.74, 6) is -1.83. The van der Waals surface area contributed by atoms with Crippen molar-refractivity contribution in [2.45, 2.75) is 25.8 Å². The van der Waals surface area contributed by atoms with Gasteiger partial charge in [-0.15, -0.1) is 0 Å². The fraction of sp³-hybridized carbons (Fsp3) is 0.526. The Morgan fingerprint density at radius 1 is 1.19 bits per heavy atom. The minimum absolute atomic E-state index is 0.269. The van der Waals surface area contributed by atoms with Crippen LogP contribution in [-0.4, -0.2) is 68.6 Å². The van der Waals surface area contributed by atoms with Crippen LogP contribution in [0.1, 0.15) is 30.1 Å². The van der Waals surface area contributed by atoms with Crippen molar-refractivity contribution < 1.29 is 19.1 Å². The minimum atomic E-state index is -0.784. The first kappa shape index (κ1) is 20.9. The van der Waals surface area contributed by atoms with E-state index in [2.05, 4.69) is 27.8 Å². The van der Waals surface area contributed by atoms with Gasteiger partial charge < -0.3 is 20.7 Å². The van der Waals surface area contributed by atoms with Crippen LogP contribution in [0.3, 0.4) is 0 Å². The first-order chi connectivity index (χ1) is 13.1. The van der Waals surface area contributed by atoms with Gasteiger partial charge in [0.25, 0.3) is 5.91 Å². The van der Waals surface area contributed by atoms with Gasteiger partial charge in [0.2, 0.25) is 0 Å². The van der Waals surface area contributed by atoms with Gasteiger partial charge in [-0.05, 0) is 38.1 Å². The van der Waals surface area contributed by atoms with Crippen molar-refractivity contribution in [2.24, 2.45) is 0 Å². The van der Waals surface area contributed by atoms with Crippen LogP contribution in [-0.2, 0) is 14.3 Å². The Bertz CT molecular complexity index is 665. The van der Waals surface area contributed by atoms with Gasteiger partial charge >= 0.3 is 11.8 Å². The summed E-state index contributed by atoms with van der Waals surface area (Å²) in [6.07, 6.45) is 2.12. The first-order valence-electron chi connectivity index (χ1n) is 9.26. The van der Waals surface area contributed by atoms with Crippen molar-refractivity contribution in [3.8, 4) is 0 Å². The molecule has 0 spiro atoms. The molecule has 1 saturated heterocycles. The molecule has 0 saturated carbocycles. The Labute approximate surface area is 159 Å². The average molecular weight is 376 g/mol. The maximum absolute atomic E-state index is 12.2. The molecule has 0 aliphatic carbocycles. The number of para-hydroxylation sites is 1. The predicted octanol–water partition coefficient (Wildman–Crippen LogP) is 0.602. The summed E-state index contributed by atoms with van der Waals surface area (Å²) in [7, 11) is 1.55. The molecule has 148 valence electrons. The highest BCUT2D eigenvalue weighted by atomic mass is 16.5. The zero-order valence-corrected chi connectivity index (χ0v) is 15.9. The van der Waals surface area contributed by atoms with Crippen molar-refractivity contribution in [1.82, 2.24) is 15.5 Å². The van der Waals surface area contributed by atoms with Gasteiger partial charge in [0, 0.05) is 26.2 Å². The molecule has 0 bridgehead atoms. The highest BCUT2D eigenvalue weighted by Crippen LogP contribution is 2.16. The molecule has 1 heterocycles. The number of hydrogen-bond acceptors (Lipinski definition) is 5. The van der Waals surface area contributed by atoms with Crippen LogP contribution in [0.2, 0.25) is 0 Å².